The van der Waals surface area contributed by atoms with Gasteiger partial charge < -0.3 is 19.9 Å². The first-order valence-electron chi connectivity index (χ1n) is 4.83. The summed E-state index contributed by atoms with van der Waals surface area (Å²) in [7, 11) is 4.58. The van der Waals surface area contributed by atoms with Gasteiger partial charge in [0.2, 0.25) is 0 Å². The number of hydrogen-bond donors (Lipinski definition) is 1. The lowest BCUT2D eigenvalue weighted by atomic mass is 10.1. The number of hydrogen-bond acceptors (Lipinski definition) is 5. The minimum Gasteiger partial charge on any atom is -0.496 e. The average Bonchev–Trinajstić information content (AvgIpc) is 2.37. The van der Waals surface area contributed by atoms with Gasteiger partial charge in [-0.1, -0.05) is 0 Å². The fraction of sp³-hybridized carbons (Fsp3) is 0.250. The van der Waals surface area contributed by atoms with Gasteiger partial charge in [-0.05, 0) is 6.07 Å². The number of nitriles is 1. The Morgan fingerprint density at radius 2 is 1.65 bits per heavy atom. The smallest absolute Gasteiger partial charge is 0.164 e. The van der Waals surface area contributed by atoms with Gasteiger partial charge in [0.15, 0.2) is 11.5 Å². The highest BCUT2D eigenvalue weighted by Gasteiger charge is 2.13. The molecule has 1 aromatic rings. The Hall–Kier alpha value is -2.35. The van der Waals surface area contributed by atoms with Crippen LogP contribution in [0.15, 0.2) is 18.2 Å². The molecule has 0 aliphatic carbocycles. The first-order valence-corrected chi connectivity index (χ1v) is 4.83. The van der Waals surface area contributed by atoms with E-state index in [1.165, 1.54) is 27.4 Å². The van der Waals surface area contributed by atoms with Crippen molar-refractivity contribution < 1.29 is 14.2 Å². The second-order valence-electron chi connectivity index (χ2n) is 3.14. The average molecular weight is 234 g/mol. The molecular weight excluding hydrogens is 220 g/mol. The van der Waals surface area contributed by atoms with E-state index in [1.807, 2.05) is 6.07 Å². The van der Waals surface area contributed by atoms with Crippen LogP contribution in [0.5, 0.6) is 17.2 Å². The number of ether oxygens (including phenoxy) is 3. The summed E-state index contributed by atoms with van der Waals surface area (Å²) >= 11 is 0. The lowest BCUT2D eigenvalue weighted by molar-refractivity contribution is 0.348. The maximum absolute atomic E-state index is 8.59. The number of rotatable bonds is 4. The fourth-order valence-corrected chi connectivity index (χ4v) is 1.40. The zero-order valence-electron chi connectivity index (χ0n) is 9.98. The quantitative estimate of drug-likeness (QED) is 0.799. The second kappa shape index (κ2) is 5.66. The Labute approximate surface area is 100 Å². The Bertz CT molecular complexity index is 475. The van der Waals surface area contributed by atoms with Crippen molar-refractivity contribution in [1.82, 2.24) is 0 Å². The van der Waals surface area contributed by atoms with Crippen LogP contribution in [-0.4, -0.2) is 21.3 Å². The third-order valence-corrected chi connectivity index (χ3v) is 2.24. The van der Waals surface area contributed by atoms with E-state index < -0.39 is 0 Å². The molecule has 0 spiro atoms. The van der Waals surface area contributed by atoms with Gasteiger partial charge in [0.25, 0.3) is 0 Å². The molecule has 90 valence electrons. The third-order valence-electron chi connectivity index (χ3n) is 2.24. The van der Waals surface area contributed by atoms with Crippen molar-refractivity contribution in [1.29, 1.82) is 5.26 Å². The van der Waals surface area contributed by atoms with E-state index in [4.69, 9.17) is 25.2 Å². The van der Waals surface area contributed by atoms with Crippen LogP contribution >= 0.6 is 0 Å². The van der Waals surface area contributed by atoms with Crippen molar-refractivity contribution in [2.75, 3.05) is 21.3 Å². The number of benzene rings is 1. The monoisotopic (exact) mass is 234 g/mol. The summed E-state index contributed by atoms with van der Waals surface area (Å²) in [5, 5.41) is 8.59. The van der Waals surface area contributed by atoms with Gasteiger partial charge in [-0.25, -0.2) is 0 Å². The van der Waals surface area contributed by atoms with E-state index in [0.29, 0.717) is 28.5 Å². The van der Waals surface area contributed by atoms with Crippen LogP contribution in [0.2, 0.25) is 0 Å². The first-order chi connectivity index (χ1) is 8.17. The molecule has 0 bridgehead atoms. The van der Waals surface area contributed by atoms with Crippen molar-refractivity contribution >= 4 is 5.70 Å². The number of nitrogens with two attached hydrogens (primary N) is 1. The van der Waals surface area contributed by atoms with E-state index in [9.17, 15) is 0 Å². The first kappa shape index (κ1) is 12.7. The van der Waals surface area contributed by atoms with Crippen LogP contribution in [-0.2, 0) is 0 Å². The molecule has 0 saturated heterocycles. The highest BCUT2D eigenvalue weighted by molar-refractivity contribution is 5.72. The van der Waals surface area contributed by atoms with E-state index in [2.05, 4.69) is 0 Å². The van der Waals surface area contributed by atoms with Crippen molar-refractivity contribution in [3.63, 3.8) is 0 Å². The van der Waals surface area contributed by atoms with Gasteiger partial charge in [-0.15, -0.1) is 0 Å². The van der Waals surface area contributed by atoms with E-state index >= 15 is 0 Å². The fourth-order valence-electron chi connectivity index (χ4n) is 1.40. The Balaban J connectivity index is 3.39. The number of methoxy groups -OCH3 is 3. The zero-order chi connectivity index (χ0) is 12.8. The van der Waals surface area contributed by atoms with Crippen molar-refractivity contribution in [2.45, 2.75) is 0 Å². The lowest BCUT2D eigenvalue weighted by Crippen LogP contribution is -2.01. The molecule has 0 fully saturated rings. The molecule has 0 radical (unpaired) electrons. The summed E-state index contributed by atoms with van der Waals surface area (Å²) in [5.74, 6) is 1.59. The molecule has 0 aliphatic heterocycles. The molecule has 5 nitrogen and oxygen atoms in total. The third kappa shape index (κ3) is 2.61. The van der Waals surface area contributed by atoms with Crippen LogP contribution in [0.4, 0.5) is 0 Å². The molecule has 5 heteroatoms. The van der Waals surface area contributed by atoms with Gasteiger partial charge >= 0.3 is 0 Å². The maximum Gasteiger partial charge on any atom is 0.164 e. The number of nitrogens with zero attached hydrogens (tertiary/aromatic N) is 1. The van der Waals surface area contributed by atoms with Gasteiger partial charge in [0.05, 0.1) is 33.1 Å². The van der Waals surface area contributed by atoms with Crippen LogP contribution in [0.25, 0.3) is 5.70 Å². The largest absolute Gasteiger partial charge is 0.496 e. The van der Waals surface area contributed by atoms with Gasteiger partial charge in [0.1, 0.15) is 5.75 Å². The molecule has 0 atom stereocenters. The van der Waals surface area contributed by atoms with Crippen LogP contribution in [0.1, 0.15) is 5.56 Å². The predicted octanol–water partition coefficient (Wildman–Crippen LogP) is 1.54. The van der Waals surface area contributed by atoms with Crippen molar-refractivity contribution in [3.05, 3.63) is 23.8 Å². The van der Waals surface area contributed by atoms with Gasteiger partial charge in [-0.2, -0.15) is 5.26 Å². The molecule has 0 unspecified atom stereocenters. The van der Waals surface area contributed by atoms with Crippen LogP contribution in [0.3, 0.4) is 0 Å². The Morgan fingerprint density at radius 1 is 1.12 bits per heavy atom. The maximum atomic E-state index is 8.59. The summed E-state index contributed by atoms with van der Waals surface area (Å²) in [6.07, 6.45) is 1.24. The van der Waals surface area contributed by atoms with Crippen LogP contribution in [0, 0.1) is 11.3 Å². The Kier molecular flexibility index (Phi) is 4.23. The summed E-state index contributed by atoms with van der Waals surface area (Å²) in [4.78, 5) is 0. The molecule has 1 rings (SSSR count). The zero-order valence-corrected chi connectivity index (χ0v) is 9.98. The minimum atomic E-state index is 0.310. The Morgan fingerprint density at radius 3 is 2.12 bits per heavy atom. The molecule has 0 saturated carbocycles. The van der Waals surface area contributed by atoms with E-state index in [-0.39, 0.29) is 0 Å². The highest BCUT2D eigenvalue weighted by Crippen LogP contribution is 2.36. The van der Waals surface area contributed by atoms with Crippen molar-refractivity contribution in [3.8, 4) is 23.3 Å². The lowest BCUT2D eigenvalue weighted by Gasteiger charge is -2.13. The molecular formula is C12H14N2O3. The van der Waals surface area contributed by atoms with Gasteiger partial charge in [0, 0.05) is 17.7 Å². The molecule has 2 N–H and O–H groups in total. The topological polar surface area (TPSA) is 77.5 Å². The molecule has 17 heavy (non-hydrogen) atoms. The van der Waals surface area contributed by atoms with Gasteiger partial charge in [-0.3, -0.25) is 0 Å². The molecule has 0 aliphatic rings. The molecule has 0 amide bonds. The second-order valence-corrected chi connectivity index (χ2v) is 3.14. The highest BCUT2D eigenvalue weighted by atomic mass is 16.5. The molecule has 1 aromatic carbocycles. The predicted molar refractivity (Wildman–Crippen MR) is 63.9 cm³/mol. The summed E-state index contributed by atoms with van der Waals surface area (Å²) in [6.45, 7) is 0. The standard InChI is InChI=1S/C12H14N2O3/c1-15-10-7-12(17-3)11(16-2)6-8(10)9(14)4-5-13/h4,6-7H,14H2,1-3H3/b9-4-. The minimum absolute atomic E-state index is 0.310. The normalized spacial score (nSPS) is 10.6. The summed E-state index contributed by atoms with van der Waals surface area (Å²) < 4.78 is 15.5. The van der Waals surface area contributed by atoms with Crippen molar-refractivity contribution in [2.24, 2.45) is 5.73 Å². The summed E-state index contributed by atoms with van der Waals surface area (Å²) in [5.41, 5.74) is 6.66. The molecule has 0 aromatic heterocycles. The number of allylic oxidation sites excluding steroid dienone is 1. The van der Waals surface area contributed by atoms with E-state index in [0.717, 1.165) is 0 Å². The molecule has 0 heterocycles. The summed E-state index contributed by atoms with van der Waals surface area (Å²) in [6, 6.07) is 5.20. The SMILES string of the molecule is COc1cc(OC)c(/C(N)=C/C#N)cc1OC. The van der Waals surface area contributed by atoms with Crippen LogP contribution < -0.4 is 19.9 Å². The van der Waals surface area contributed by atoms with E-state index in [1.54, 1.807) is 12.1 Å².